The molecule has 0 radical (unpaired) electrons. The predicted octanol–water partition coefficient (Wildman–Crippen LogP) is 5.17. The quantitative estimate of drug-likeness (QED) is 0.362. The minimum absolute atomic E-state index is 0.117. The molecular formula is C23H24N6OS2. The van der Waals surface area contributed by atoms with Crippen molar-refractivity contribution in [1.82, 2.24) is 24.7 Å². The van der Waals surface area contributed by atoms with E-state index in [-0.39, 0.29) is 11.2 Å². The lowest BCUT2D eigenvalue weighted by molar-refractivity contribution is -0.115. The Labute approximate surface area is 195 Å². The minimum atomic E-state index is -0.356. The summed E-state index contributed by atoms with van der Waals surface area (Å²) in [6.45, 7) is 6.73. The Balaban J connectivity index is 1.43. The van der Waals surface area contributed by atoms with Crippen molar-refractivity contribution in [2.24, 2.45) is 0 Å². The molecule has 1 aromatic carbocycles. The van der Waals surface area contributed by atoms with E-state index in [1.54, 1.807) is 12.4 Å². The molecule has 0 bridgehead atoms. The number of anilines is 1. The number of carbonyl (C=O) groups excluding carboxylic acids is 1. The van der Waals surface area contributed by atoms with Crippen LogP contribution in [0.1, 0.15) is 26.3 Å². The fourth-order valence-electron chi connectivity index (χ4n) is 3.17. The Morgan fingerprint density at radius 1 is 1.09 bits per heavy atom. The number of benzene rings is 1. The summed E-state index contributed by atoms with van der Waals surface area (Å²) < 4.78 is 2.01. The number of rotatable bonds is 8. The number of thiazole rings is 1. The molecule has 4 aromatic rings. The van der Waals surface area contributed by atoms with Crippen LogP contribution in [0.2, 0.25) is 0 Å². The third-order valence-corrected chi connectivity index (χ3v) is 6.85. The van der Waals surface area contributed by atoms with Gasteiger partial charge in [0, 0.05) is 35.4 Å². The van der Waals surface area contributed by atoms with Crippen molar-refractivity contribution in [3.63, 3.8) is 0 Å². The van der Waals surface area contributed by atoms with Gasteiger partial charge >= 0.3 is 0 Å². The molecule has 7 nitrogen and oxygen atoms in total. The summed E-state index contributed by atoms with van der Waals surface area (Å²) in [5.41, 5.74) is 4.14. The molecule has 0 aliphatic rings. The smallest absolute Gasteiger partial charge is 0.239 e. The van der Waals surface area contributed by atoms with E-state index in [2.05, 4.69) is 56.7 Å². The Morgan fingerprint density at radius 2 is 1.84 bits per heavy atom. The van der Waals surface area contributed by atoms with Gasteiger partial charge in [-0.15, -0.1) is 21.5 Å². The van der Waals surface area contributed by atoms with Gasteiger partial charge in [0.1, 0.15) is 0 Å². The molecule has 0 saturated heterocycles. The van der Waals surface area contributed by atoms with Gasteiger partial charge in [-0.1, -0.05) is 43.0 Å². The van der Waals surface area contributed by atoms with E-state index in [0.717, 1.165) is 29.1 Å². The first-order valence-electron chi connectivity index (χ1n) is 10.4. The van der Waals surface area contributed by atoms with Crippen LogP contribution in [0.25, 0.3) is 22.6 Å². The van der Waals surface area contributed by atoms with Crippen LogP contribution in [0.4, 0.5) is 5.13 Å². The molecule has 0 spiro atoms. The molecule has 1 atom stereocenters. The van der Waals surface area contributed by atoms with Crippen LogP contribution in [0.3, 0.4) is 0 Å². The van der Waals surface area contributed by atoms with E-state index in [9.17, 15) is 4.79 Å². The molecular weight excluding hydrogens is 440 g/mol. The molecule has 0 aliphatic heterocycles. The highest BCUT2D eigenvalue weighted by Gasteiger charge is 2.21. The summed E-state index contributed by atoms with van der Waals surface area (Å²) in [5.74, 6) is 0.650. The van der Waals surface area contributed by atoms with E-state index in [1.165, 1.54) is 28.7 Å². The SMILES string of the molecule is CCc1ccc(-c2csc(NC(=O)C(C)Sc3nnc(-c4ccncc4)n3CC)n2)cc1. The Hall–Kier alpha value is -3.04. The lowest BCUT2D eigenvalue weighted by atomic mass is 10.1. The summed E-state index contributed by atoms with van der Waals surface area (Å²) in [4.78, 5) is 21.4. The van der Waals surface area contributed by atoms with Crippen molar-refractivity contribution >= 4 is 34.1 Å². The van der Waals surface area contributed by atoms with Gasteiger partial charge in [-0.05, 0) is 38.0 Å². The number of amides is 1. The second kappa shape index (κ2) is 10.1. The van der Waals surface area contributed by atoms with Crippen LogP contribution >= 0.6 is 23.1 Å². The lowest BCUT2D eigenvalue weighted by Gasteiger charge is -2.11. The Bertz CT molecular complexity index is 1190. The fraction of sp³-hybridized carbons (Fsp3) is 0.261. The van der Waals surface area contributed by atoms with Crippen LogP contribution in [0, 0.1) is 0 Å². The zero-order valence-corrected chi connectivity index (χ0v) is 19.8. The van der Waals surface area contributed by atoms with Crippen molar-refractivity contribution < 1.29 is 4.79 Å². The van der Waals surface area contributed by atoms with E-state index < -0.39 is 0 Å². The molecule has 0 aliphatic carbocycles. The second-order valence-corrected chi connectivity index (χ2v) is 9.29. The molecule has 0 fully saturated rings. The normalized spacial score (nSPS) is 12.0. The van der Waals surface area contributed by atoms with Crippen molar-refractivity contribution in [2.45, 2.75) is 44.1 Å². The van der Waals surface area contributed by atoms with Gasteiger partial charge in [-0.2, -0.15) is 0 Å². The van der Waals surface area contributed by atoms with Crippen LogP contribution in [-0.4, -0.2) is 35.9 Å². The van der Waals surface area contributed by atoms with Crippen molar-refractivity contribution in [2.75, 3.05) is 5.32 Å². The zero-order valence-electron chi connectivity index (χ0n) is 18.1. The first-order valence-corrected chi connectivity index (χ1v) is 12.2. The van der Waals surface area contributed by atoms with Gasteiger partial charge in [0.25, 0.3) is 0 Å². The summed E-state index contributed by atoms with van der Waals surface area (Å²) in [6, 6.07) is 12.1. The number of hydrogen-bond donors (Lipinski definition) is 1. The number of nitrogens with zero attached hydrogens (tertiary/aromatic N) is 5. The standard InChI is InChI=1S/C23H24N6OS2/c1-4-16-6-8-17(9-7-16)19-14-31-22(25-19)26-21(30)15(3)32-23-28-27-20(29(23)5-2)18-10-12-24-13-11-18/h6-15H,4-5H2,1-3H3,(H,25,26,30). The second-order valence-electron chi connectivity index (χ2n) is 7.12. The Kier molecular flexibility index (Phi) is 6.96. The molecule has 1 N–H and O–H groups in total. The highest BCUT2D eigenvalue weighted by atomic mass is 32.2. The maximum atomic E-state index is 12.8. The van der Waals surface area contributed by atoms with Gasteiger partial charge in [-0.25, -0.2) is 4.98 Å². The van der Waals surface area contributed by atoms with Gasteiger partial charge in [0.15, 0.2) is 16.1 Å². The first-order chi connectivity index (χ1) is 15.6. The van der Waals surface area contributed by atoms with E-state index >= 15 is 0 Å². The number of aromatic nitrogens is 5. The molecule has 164 valence electrons. The highest BCUT2D eigenvalue weighted by molar-refractivity contribution is 8.00. The van der Waals surface area contributed by atoms with Crippen LogP contribution < -0.4 is 5.32 Å². The van der Waals surface area contributed by atoms with Gasteiger partial charge in [0.05, 0.1) is 10.9 Å². The minimum Gasteiger partial charge on any atom is -0.302 e. The number of pyridine rings is 1. The number of carbonyl (C=O) groups is 1. The number of nitrogens with one attached hydrogen (secondary N) is 1. The van der Waals surface area contributed by atoms with Gasteiger partial charge in [-0.3, -0.25) is 9.78 Å². The molecule has 32 heavy (non-hydrogen) atoms. The van der Waals surface area contributed by atoms with E-state index in [0.29, 0.717) is 16.8 Å². The average Bonchev–Trinajstić information content (AvgIpc) is 3.46. The number of hydrogen-bond acceptors (Lipinski definition) is 7. The van der Waals surface area contributed by atoms with Crippen molar-refractivity contribution in [3.8, 4) is 22.6 Å². The number of aryl methyl sites for hydroxylation is 1. The molecule has 3 aromatic heterocycles. The maximum absolute atomic E-state index is 12.8. The van der Waals surface area contributed by atoms with E-state index in [1.807, 2.05) is 35.9 Å². The third kappa shape index (κ3) is 4.89. The molecule has 9 heteroatoms. The highest BCUT2D eigenvalue weighted by Crippen LogP contribution is 2.29. The topological polar surface area (TPSA) is 85.6 Å². The van der Waals surface area contributed by atoms with Gasteiger partial charge < -0.3 is 9.88 Å². The maximum Gasteiger partial charge on any atom is 0.239 e. The molecule has 1 unspecified atom stereocenters. The number of thioether (sulfide) groups is 1. The van der Waals surface area contributed by atoms with Gasteiger partial charge in [0.2, 0.25) is 5.91 Å². The predicted molar refractivity (Wildman–Crippen MR) is 130 cm³/mol. The van der Waals surface area contributed by atoms with Crippen LogP contribution in [0.5, 0.6) is 0 Å². The largest absolute Gasteiger partial charge is 0.302 e. The molecule has 4 rings (SSSR count). The summed E-state index contributed by atoms with van der Waals surface area (Å²) in [7, 11) is 0. The first kappa shape index (κ1) is 22.2. The molecule has 1 amide bonds. The van der Waals surface area contributed by atoms with Crippen LogP contribution in [0.15, 0.2) is 59.3 Å². The summed E-state index contributed by atoms with van der Waals surface area (Å²) in [5, 5.41) is 14.5. The lowest BCUT2D eigenvalue weighted by Crippen LogP contribution is -2.22. The Morgan fingerprint density at radius 3 is 2.53 bits per heavy atom. The monoisotopic (exact) mass is 464 g/mol. The van der Waals surface area contributed by atoms with Crippen LogP contribution in [-0.2, 0) is 17.8 Å². The van der Waals surface area contributed by atoms with Crippen molar-refractivity contribution in [1.29, 1.82) is 0 Å². The van der Waals surface area contributed by atoms with E-state index in [4.69, 9.17) is 0 Å². The summed E-state index contributed by atoms with van der Waals surface area (Å²) >= 11 is 2.81. The van der Waals surface area contributed by atoms with Crippen molar-refractivity contribution in [3.05, 3.63) is 59.7 Å². The molecule has 0 saturated carbocycles. The average molecular weight is 465 g/mol. The third-order valence-electron chi connectivity index (χ3n) is 5.02. The zero-order chi connectivity index (χ0) is 22.5. The fourth-order valence-corrected chi connectivity index (χ4v) is 4.80. The molecule has 3 heterocycles. The summed E-state index contributed by atoms with van der Waals surface area (Å²) in [6.07, 6.45) is 4.46.